The van der Waals surface area contributed by atoms with E-state index >= 15 is 0 Å². The van der Waals surface area contributed by atoms with Crippen LogP contribution in [0.4, 0.5) is 0 Å². The molecule has 1 aromatic heterocycles. The van der Waals surface area contributed by atoms with Crippen LogP contribution in [0, 0.1) is 11.8 Å². The van der Waals surface area contributed by atoms with Crippen LogP contribution in [0.25, 0.3) is 0 Å². The molecule has 19 heavy (non-hydrogen) atoms. The maximum Gasteiger partial charge on any atom is 0.313 e. The minimum Gasteiger partial charge on any atom is -0.473 e. The van der Waals surface area contributed by atoms with Crippen molar-refractivity contribution in [2.24, 2.45) is 17.6 Å². The van der Waals surface area contributed by atoms with E-state index in [0.29, 0.717) is 25.0 Å². The Morgan fingerprint density at radius 3 is 2.89 bits per heavy atom. The quantitative estimate of drug-likeness (QED) is 0.877. The van der Waals surface area contributed by atoms with Gasteiger partial charge in [0.1, 0.15) is 0 Å². The van der Waals surface area contributed by atoms with Crippen LogP contribution in [0.15, 0.2) is 17.2 Å². The number of ether oxygens (including phenoxy) is 1. The molecule has 5 nitrogen and oxygen atoms in total. The van der Waals surface area contributed by atoms with Gasteiger partial charge in [0.15, 0.2) is 0 Å². The topological polar surface area (TPSA) is 70.1 Å². The van der Waals surface area contributed by atoms with Crippen LogP contribution >= 0.6 is 0 Å². The summed E-state index contributed by atoms with van der Waals surface area (Å²) in [5.74, 6) is 1.19. The highest BCUT2D eigenvalue weighted by Gasteiger charge is 2.27. The van der Waals surface area contributed by atoms with E-state index in [1.807, 2.05) is 13.8 Å². The fourth-order valence-corrected chi connectivity index (χ4v) is 2.74. The molecule has 0 spiro atoms. The largest absolute Gasteiger partial charge is 0.473 e. The van der Waals surface area contributed by atoms with E-state index in [-0.39, 0.29) is 17.5 Å². The zero-order valence-electron chi connectivity index (χ0n) is 11.7. The maximum atomic E-state index is 12.1. The first-order valence-corrected chi connectivity index (χ1v) is 7.03. The van der Waals surface area contributed by atoms with Crippen LogP contribution in [0.2, 0.25) is 0 Å². The van der Waals surface area contributed by atoms with Crippen LogP contribution in [-0.4, -0.2) is 22.7 Å². The van der Waals surface area contributed by atoms with Crippen LogP contribution < -0.4 is 16.0 Å². The molecule has 0 bridgehead atoms. The van der Waals surface area contributed by atoms with Crippen molar-refractivity contribution in [3.05, 3.63) is 22.7 Å². The van der Waals surface area contributed by atoms with Crippen LogP contribution in [0.1, 0.15) is 39.2 Å². The molecule has 2 rings (SSSR count). The molecule has 2 N–H and O–H groups in total. The molecule has 0 saturated heterocycles. The zero-order chi connectivity index (χ0) is 13.8. The molecule has 1 heterocycles. The predicted molar refractivity (Wildman–Crippen MR) is 74.3 cm³/mol. The van der Waals surface area contributed by atoms with E-state index in [4.69, 9.17) is 10.5 Å². The Morgan fingerprint density at radius 2 is 2.21 bits per heavy atom. The summed E-state index contributed by atoms with van der Waals surface area (Å²) >= 11 is 0. The second-order valence-corrected chi connectivity index (χ2v) is 5.54. The normalized spacial score (nSPS) is 22.9. The van der Waals surface area contributed by atoms with Gasteiger partial charge in [0.25, 0.3) is 5.88 Å². The monoisotopic (exact) mass is 265 g/mol. The van der Waals surface area contributed by atoms with Crippen molar-refractivity contribution in [3.63, 3.8) is 0 Å². The van der Waals surface area contributed by atoms with Gasteiger partial charge in [-0.05, 0) is 45.1 Å². The first kappa shape index (κ1) is 14.1. The van der Waals surface area contributed by atoms with E-state index in [9.17, 15) is 4.79 Å². The Labute approximate surface area is 113 Å². The van der Waals surface area contributed by atoms with Crippen molar-refractivity contribution >= 4 is 0 Å². The second-order valence-electron chi connectivity index (χ2n) is 5.54. The molecule has 0 amide bonds. The highest BCUT2D eigenvalue weighted by atomic mass is 16.5. The number of nitrogens with two attached hydrogens (primary N) is 1. The number of aromatic nitrogens is 2. The molecular weight excluding hydrogens is 242 g/mol. The van der Waals surface area contributed by atoms with Gasteiger partial charge in [0, 0.05) is 18.4 Å². The summed E-state index contributed by atoms with van der Waals surface area (Å²) < 4.78 is 7.28. The molecule has 1 aromatic rings. The Bertz CT molecular complexity index is 470. The fourth-order valence-electron chi connectivity index (χ4n) is 2.74. The van der Waals surface area contributed by atoms with E-state index in [0.717, 1.165) is 6.42 Å². The molecule has 5 heteroatoms. The highest BCUT2D eigenvalue weighted by molar-refractivity contribution is 5.05. The summed E-state index contributed by atoms with van der Waals surface area (Å²) in [5, 5.41) is 0. The van der Waals surface area contributed by atoms with Crippen LogP contribution in [0.5, 0.6) is 5.88 Å². The Hall–Kier alpha value is -1.36. The average Bonchev–Trinajstić information content (AvgIpc) is 2.84. The van der Waals surface area contributed by atoms with E-state index < -0.39 is 0 Å². The first-order chi connectivity index (χ1) is 9.13. The summed E-state index contributed by atoms with van der Waals surface area (Å²) in [6.07, 6.45) is 6.81. The molecule has 106 valence electrons. The van der Waals surface area contributed by atoms with Gasteiger partial charge in [-0.25, -0.2) is 4.98 Å². The molecule has 1 fully saturated rings. The first-order valence-electron chi connectivity index (χ1n) is 7.03. The molecule has 2 atom stereocenters. The lowest BCUT2D eigenvalue weighted by atomic mass is 9.97. The van der Waals surface area contributed by atoms with Crippen molar-refractivity contribution in [2.75, 3.05) is 13.2 Å². The van der Waals surface area contributed by atoms with Gasteiger partial charge in [-0.2, -0.15) is 0 Å². The SMILES string of the molecule is CC(C)n1ccnc(OCC2CCCC2CN)c1=O. The van der Waals surface area contributed by atoms with Crippen molar-refractivity contribution in [3.8, 4) is 5.88 Å². The summed E-state index contributed by atoms with van der Waals surface area (Å²) in [7, 11) is 0. The smallest absolute Gasteiger partial charge is 0.313 e. The minimum absolute atomic E-state index is 0.112. The Kier molecular flexibility index (Phi) is 4.58. The van der Waals surface area contributed by atoms with Gasteiger partial charge in [-0.15, -0.1) is 0 Å². The minimum atomic E-state index is -0.153. The van der Waals surface area contributed by atoms with Crippen molar-refractivity contribution in [2.45, 2.75) is 39.2 Å². The third-order valence-electron chi connectivity index (χ3n) is 3.95. The third kappa shape index (κ3) is 3.15. The molecular formula is C14H23N3O2. The summed E-state index contributed by atoms with van der Waals surface area (Å²) in [4.78, 5) is 16.2. The summed E-state index contributed by atoms with van der Waals surface area (Å²) in [6.45, 7) is 5.18. The summed E-state index contributed by atoms with van der Waals surface area (Å²) in [5.41, 5.74) is 5.60. The molecule has 1 aliphatic carbocycles. The van der Waals surface area contributed by atoms with Crippen LogP contribution in [0.3, 0.4) is 0 Å². The van der Waals surface area contributed by atoms with Gasteiger partial charge in [0.2, 0.25) is 0 Å². The van der Waals surface area contributed by atoms with Crippen LogP contribution in [-0.2, 0) is 0 Å². The lowest BCUT2D eigenvalue weighted by molar-refractivity contribution is 0.206. The number of hydrogen-bond acceptors (Lipinski definition) is 4. The van der Waals surface area contributed by atoms with E-state index in [1.54, 1.807) is 17.0 Å². The highest BCUT2D eigenvalue weighted by Crippen LogP contribution is 2.30. The van der Waals surface area contributed by atoms with Gasteiger partial charge < -0.3 is 15.0 Å². The number of nitrogens with zero attached hydrogens (tertiary/aromatic N) is 2. The van der Waals surface area contributed by atoms with Gasteiger partial charge in [0.05, 0.1) is 6.61 Å². The van der Waals surface area contributed by atoms with E-state index in [2.05, 4.69) is 4.98 Å². The van der Waals surface area contributed by atoms with Crippen molar-refractivity contribution in [1.29, 1.82) is 0 Å². The fraction of sp³-hybridized carbons (Fsp3) is 0.714. The molecule has 0 aliphatic heterocycles. The summed E-state index contributed by atoms with van der Waals surface area (Å²) in [6, 6.07) is 0.112. The number of hydrogen-bond donors (Lipinski definition) is 1. The standard InChI is InChI=1S/C14H23N3O2/c1-10(2)17-7-6-16-13(14(17)18)19-9-12-5-3-4-11(12)8-15/h6-7,10-12H,3-5,8-9,15H2,1-2H3. The Balaban J connectivity index is 2.04. The van der Waals surface area contributed by atoms with Gasteiger partial charge in [-0.3, -0.25) is 4.79 Å². The molecule has 1 saturated carbocycles. The van der Waals surface area contributed by atoms with E-state index in [1.165, 1.54) is 12.8 Å². The van der Waals surface area contributed by atoms with Gasteiger partial charge in [-0.1, -0.05) is 6.42 Å². The lowest BCUT2D eigenvalue weighted by Gasteiger charge is -2.18. The zero-order valence-corrected chi connectivity index (χ0v) is 11.7. The maximum absolute atomic E-state index is 12.1. The van der Waals surface area contributed by atoms with Crippen molar-refractivity contribution in [1.82, 2.24) is 9.55 Å². The second kappa shape index (κ2) is 6.19. The molecule has 0 aromatic carbocycles. The molecule has 0 radical (unpaired) electrons. The Morgan fingerprint density at radius 1 is 1.47 bits per heavy atom. The predicted octanol–water partition coefficient (Wildman–Crippen LogP) is 1.58. The average molecular weight is 265 g/mol. The van der Waals surface area contributed by atoms with Gasteiger partial charge >= 0.3 is 5.56 Å². The third-order valence-corrected chi connectivity index (χ3v) is 3.95. The molecule has 2 unspecified atom stereocenters. The van der Waals surface area contributed by atoms with Crippen molar-refractivity contribution < 1.29 is 4.74 Å². The lowest BCUT2D eigenvalue weighted by Crippen LogP contribution is -2.28. The number of rotatable bonds is 5. The molecule has 1 aliphatic rings.